The fourth-order valence-electron chi connectivity index (χ4n) is 2.62. The number of thiocarbonyl (C=S) groups is 1. The van der Waals surface area contributed by atoms with Crippen molar-refractivity contribution in [1.82, 2.24) is 10.0 Å². The molecule has 0 amide bonds. The standard InChI is InChI=1S/C21H19ClN2O4S3/c1-24(25)21(29)30-13-3-4-18-23-19(14-5-9-16(22)10-6-14)20(28-18)15-7-11-17(12-8-15)31(2,26)27/h3-12,25H,13H2,1-2H3. The van der Waals surface area contributed by atoms with Gasteiger partial charge >= 0.3 is 0 Å². The van der Waals surface area contributed by atoms with E-state index < -0.39 is 9.84 Å². The molecule has 0 aliphatic carbocycles. The zero-order valence-electron chi connectivity index (χ0n) is 16.6. The third-order valence-corrected chi connectivity index (χ3v) is 7.00. The van der Waals surface area contributed by atoms with Crippen LogP contribution in [0.5, 0.6) is 0 Å². The molecule has 162 valence electrons. The Kier molecular flexibility index (Phi) is 7.55. The topological polar surface area (TPSA) is 83.6 Å². The second-order valence-electron chi connectivity index (χ2n) is 6.54. The molecule has 0 bridgehead atoms. The van der Waals surface area contributed by atoms with Gasteiger partial charge in [-0.2, -0.15) is 0 Å². The van der Waals surface area contributed by atoms with Crippen molar-refractivity contribution in [3.8, 4) is 22.6 Å². The second kappa shape index (κ2) is 9.97. The number of benzene rings is 2. The van der Waals surface area contributed by atoms with E-state index in [4.69, 9.17) is 28.2 Å². The van der Waals surface area contributed by atoms with Gasteiger partial charge in [-0.15, -0.1) is 0 Å². The smallest absolute Gasteiger partial charge is 0.219 e. The monoisotopic (exact) mass is 494 g/mol. The largest absolute Gasteiger partial charge is 0.436 e. The van der Waals surface area contributed by atoms with Crippen LogP contribution in [0.15, 0.2) is 63.9 Å². The minimum absolute atomic E-state index is 0.228. The van der Waals surface area contributed by atoms with E-state index in [9.17, 15) is 13.6 Å². The summed E-state index contributed by atoms with van der Waals surface area (Å²) in [6.45, 7) is 0. The van der Waals surface area contributed by atoms with E-state index >= 15 is 0 Å². The average molecular weight is 495 g/mol. The minimum atomic E-state index is -3.30. The zero-order valence-corrected chi connectivity index (χ0v) is 19.9. The van der Waals surface area contributed by atoms with Gasteiger partial charge in [-0.25, -0.2) is 18.5 Å². The van der Waals surface area contributed by atoms with Gasteiger partial charge in [-0.05, 0) is 42.5 Å². The van der Waals surface area contributed by atoms with Crippen LogP contribution < -0.4 is 0 Å². The molecule has 2 aromatic carbocycles. The molecular formula is C21H19ClN2O4S3. The predicted molar refractivity (Wildman–Crippen MR) is 129 cm³/mol. The van der Waals surface area contributed by atoms with Crippen LogP contribution in [0.25, 0.3) is 28.7 Å². The molecule has 10 heteroatoms. The van der Waals surface area contributed by atoms with Crippen molar-refractivity contribution in [2.75, 3.05) is 19.1 Å². The van der Waals surface area contributed by atoms with Crippen LogP contribution in [0.2, 0.25) is 5.02 Å². The van der Waals surface area contributed by atoms with Crippen LogP contribution >= 0.6 is 35.6 Å². The van der Waals surface area contributed by atoms with Gasteiger partial charge in [0.1, 0.15) is 5.69 Å². The molecule has 1 heterocycles. The Bertz CT molecular complexity index is 1200. The molecule has 0 spiro atoms. The van der Waals surface area contributed by atoms with Gasteiger partial charge in [0.2, 0.25) is 5.89 Å². The van der Waals surface area contributed by atoms with E-state index in [0.29, 0.717) is 38.0 Å². The molecule has 0 unspecified atom stereocenters. The van der Waals surface area contributed by atoms with Crippen molar-refractivity contribution < 1.29 is 18.0 Å². The molecule has 1 N–H and O–H groups in total. The van der Waals surface area contributed by atoms with E-state index in [1.165, 1.54) is 30.9 Å². The molecule has 0 aliphatic rings. The second-order valence-corrected chi connectivity index (χ2v) is 10.6. The summed E-state index contributed by atoms with van der Waals surface area (Å²) in [4.78, 5) is 4.82. The highest BCUT2D eigenvalue weighted by atomic mass is 35.5. The number of thioether (sulfide) groups is 1. The Morgan fingerprint density at radius 2 is 1.81 bits per heavy atom. The summed E-state index contributed by atoms with van der Waals surface area (Å²) in [6, 6.07) is 13.7. The van der Waals surface area contributed by atoms with Crippen molar-refractivity contribution in [3.63, 3.8) is 0 Å². The van der Waals surface area contributed by atoms with E-state index in [-0.39, 0.29) is 4.90 Å². The quantitative estimate of drug-likeness (QED) is 0.359. The van der Waals surface area contributed by atoms with Crippen LogP contribution in [-0.2, 0) is 9.84 Å². The number of halogens is 1. The Balaban J connectivity index is 1.95. The predicted octanol–water partition coefficient (Wildman–Crippen LogP) is 5.42. The lowest BCUT2D eigenvalue weighted by molar-refractivity contribution is 0.0205. The highest BCUT2D eigenvalue weighted by Gasteiger charge is 2.17. The maximum Gasteiger partial charge on any atom is 0.219 e. The Hall–Kier alpha value is -2.17. The number of aromatic nitrogens is 1. The van der Waals surface area contributed by atoms with Gasteiger partial charge in [0.05, 0.1) is 4.90 Å². The molecule has 0 aliphatic heterocycles. The number of oxazole rings is 1. The van der Waals surface area contributed by atoms with Crippen LogP contribution in [0.4, 0.5) is 0 Å². The molecule has 31 heavy (non-hydrogen) atoms. The van der Waals surface area contributed by atoms with Gasteiger partial charge < -0.3 is 4.42 Å². The first-order valence-corrected chi connectivity index (χ1v) is 12.6. The van der Waals surface area contributed by atoms with Crippen molar-refractivity contribution in [3.05, 3.63) is 65.5 Å². The van der Waals surface area contributed by atoms with Gasteiger partial charge in [0, 0.05) is 35.2 Å². The van der Waals surface area contributed by atoms with Gasteiger partial charge in [-0.1, -0.05) is 53.8 Å². The molecule has 0 fully saturated rings. The van der Waals surface area contributed by atoms with Crippen LogP contribution in [0, 0.1) is 0 Å². The zero-order chi connectivity index (χ0) is 22.6. The summed E-state index contributed by atoms with van der Waals surface area (Å²) in [5.74, 6) is 1.43. The first-order chi connectivity index (χ1) is 14.6. The van der Waals surface area contributed by atoms with Crippen LogP contribution in [-0.4, -0.2) is 47.0 Å². The van der Waals surface area contributed by atoms with Gasteiger partial charge in [0.15, 0.2) is 19.9 Å². The Labute approximate surface area is 195 Å². The summed E-state index contributed by atoms with van der Waals surface area (Å²) in [5.41, 5.74) is 2.12. The molecule has 3 aromatic rings. The van der Waals surface area contributed by atoms with E-state index in [0.717, 1.165) is 16.9 Å². The van der Waals surface area contributed by atoms with Crippen LogP contribution in [0.3, 0.4) is 0 Å². The normalized spacial score (nSPS) is 11.7. The number of hydrogen-bond donors (Lipinski definition) is 1. The van der Waals surface area contributed by atoms with Crippen molar-refractivity contribution >= 4 is 55.8 Å². The summed E-state index contributed by atoms with van der Waals surface area (Å²) >= 11 is 12.3. The van der Waals surface area contributed by atoms with E-state index in [1.54, 1.807) is 30.3 Å². The Morgan fingerprint density at radius 3 is 2.39 bits per heavy atom. The number of hydroxylamine groups is 2. The summed E-state index contributed by atoms with van der Waals surface area (Å²) in [6.07, 6.45) is 4.71. The van der Waals surface area contributed by atoms with E-state index in [2.05, 4.69) is 4.98 Å². The minimum Gasteiger partial charge on any atom is -0.436 e. The first-order valence-electron chi connectivity index (χ1n) is 8.98. The SMILES string of the molecule is CN(O)C(=S)SCC=Cc1nc(-c2ccc(Cl)cc2)c(-c2ccc(S(C)(=O)=O)cc2)o1. The molecule has 0 saturated heterocycles. The number of rotatable bonds is 6. The maximum absolute atomic E-state index is 11.8. The maximum atomic E-state index is 11.8. The number of sulfone groups is 1. The molecule has 1 aromatic heterocycles. The average Bonchev–Trinajstić information content (AvgIpc) is 3.15. The molecule has 0 atom stereocenters. The Morgan fingerprint density at radius 1 is 1.19 bits per heavy atom. The fourth-order valence-corrected chi connectivity index (χ4v) is 4.10. The lowest BCUT2D eigenvalue weighted by Crippen LogP contribution is -2.17. The van der Waals surface area contributed by atoms with Crippen molar-refractivity contribution in [1.29, 1.82) is 0 Å². The molecule has 3 rings (SSSR count). The summed E-state index contributed by atoms with van der Waals surface area (Å²) < 4.78 is 29.8. The molecule has 0 saturated carbocycles. The number of nitrogens with zero attached hydrogens (tertiary/aromatic N) is 2. The number of hydrogen-bond acceptors (Lipinski definition) is 7. The third kappa shape index (κ3) is 6.18. The molecule has 6 nitrogen and oxygen atoms in total. The van der Waals surface area contributed by atoms with Gasteiger partial charge in [-0.3, -0.25) is 5.21 Å². The highest BCUT2D eigenvalue weighted by molar-refractivity contribution is 8.22. The van der Waals surface area contributed by atoms with Crippen molar-refractivity contribution in [2.24, 2.45) is 0 Å². The fraction of sp³-hybridized carbons (Fsp3) is 0.143. The molecule has 0 radical (unpaired) electrons. The lowest BCUT2D eigenvalue weighted by atomic mass is 10.1. The third-order valence-electron chi connectivity index (χ3n) is 4.13. The summed E-state index contributed by atoms with van der Waals surface area (Å²) in [7, 11) is -1.83. The highest BCUT2D eigenvalue weighted by Crippen LogP contribution is 2.34. The first kappa shape index (κ1) is 23.5. The molecular weight excluding hydrogens is 476 g/mol. The van der Waals surface area contributed by atoms with Gasteiger partial charge in [0.25, 0.3) is 0 Å². The van der Waals surface area contributed by atoms with Crippen LogP contribution in [0.1, 0.15) is 5.89 Å². The lowest BCUT2D eigenvalue weighted by Gasteiger charge is -2.08. The van der Waals surface area contributed by atoms with E-state index in [1.807, 2.05) is 18.2 Å². The van der Waals surface area contributed by atoms with Crippen molar-refractivity contribution in [2.45, 2.75) is 4.90 Å². The summed E-state index contributed by atoms with van der Waals surface area (Å²) in [5, 5.41) is 10.8.